The van der Waals surface area contributed by atoms with E-state index in [2.05, 4.69) is 17.1 Å². The fourth-order valence-corrected chi connectivity index (χ4v) is 2.09. The third-order valence-corrected chi connectivity index (χ3v) is 2.86. The van der Waals surface area contributed by atoms with Gasteiger partial charge in [-0.05, 0) is 38.9 Å². The Balaban J connectivity index is 2.35. The van der Waals surface area contributed by atoms with E-state index in [9.17, 15) is 0 Å². The minimum absolute atomic E-state index is 0.289. The number of nitrogens with zero attached hydrogens (tertiary/aromatic N) is 1. The van der Waals surface area contributed by atoms with Gasteiger partial charge < -0.3 is 10.4 Å². The van der Waals surface area contributed by atoms with Crippen LogP contribution in [0.5, 0.6) is 0 Å². The van der Waals surface area contributed by atoms with Crippen molar-refractivity contribution < 1.29 is 5.11 Å². The molecule has 13 heavy (non-hydrogen) atoms. The average Bonchev–Trinajstić information content (AvgIpc) is 2.42. The van der Waals surface area contributed by atoms with Crippen molar-refractivity contribution in [3.63, 3.8) is 0 Å². The van der Waals surface area contributed by atoms with Gasteiger partial charge in [0.2, 0.25) is 0 Å². The molecule has 0 saturated carbocycles. The number of hydrogen-bond donors (Lipinski definition) is 2. The van der Waals surface area contributed by atoms with Crippen LogP contribution in [0.3, 0.4) is 0 Å². The molecule has 1 fully saturated rings. The molecule has 78 valence electrons. The molecule has 0 aromatic heterocycles. The van der Waals surface area contributed by atoms with Crippen molar-refractivity contribution in [2.24, 2.45) is 0 Å². The van der Waals surface area contributed by atoms with Gasteiger partial charge >= 0.3 is 0 Å². The topological polar surface area (TPSA) is 35.5 Å². The summed E-state index contributed by atoms with van der Waals surface area (Å²) in [6.45, 7) is 6.65. The van der Waals surface area contributed by atoms with Gasteiger partial charge in [0.1, 0.15) is 0 Å². The van der Waals surface area contributed by atoms with Gasteiger partial charge in [0, 0.05) is 12.6 Å². The predicted octanol–water partition coefficient (Wildman–Crippen LogP) is 0.443. The van der Waals surface area contributed by atoms with Crippen LogP contribution in [0.15, 0.2) is 0 Å². The number of nitrogens with one attached hydrogen (secondary N) is 1. The Morgan fingerprint density at radius 2 is 2.23 bits per heavy atom. The maximum Gasteiger partial charge on any atom is 0.0558 e. The first-order valence-electron chi connectivity index (χ1n) is 5.44. The molecule has 0 radical (unpaired) electrons. The Labute approximate surface area is 81.1 Å². The number of likely N-dealkylation sites (N-methyl/N-ethyl adjacent to an activating group) is 1. The lowest BCUT2D eigenvalue weighted by molar-refractivity contribution is 0.147. The van der Waals surface area contributed by atoms with Crippen LogP contribution in [0, 0.1) is 0 Å². The van der Waals surface area contributed by atoms with Crippen molar-refractivity contribution >= 4 is 0 Å². The third kappa shape index (κ3) is 3.63. The molecule has 1 saturated heterocycles. The molecule has 0 amide bonds. The quantitative estimate of drug-likeness (QED) is 0.669. The molecule has 0 aromatic carbocycles. The third-order valence-electron chi connectivity index (χ3n) is 2.86. The Bertz CT molecular complexity index is 122. The lowest BCUT2D eigenvalue weighted by Crippen LogP contribution is -2.37. The first-order valence-corrected chi connectivity index (χ1v) is 5.44. The zero-order valence-electron chi connectivity index (χ0n) is 8.63. The van der Waals surface area contributed by atoms with E-state index in [-0.39, 0.29) is 6.61 Å². The summed E-state index contributed by atoms with van der Waals surface area (Å²) in [5.41, 5.74) is 0. The summed E-state index contributed by atoms with van der Waals surface area (Å²) in [6.07, 6.45) is 3.78. The largest absolute Gasteiger partial charge is 0.395 e. The number of rotatable bonds is 4. The smallest absolute Gasteiger partial charge is 0.0558 e. The Morgan fingerprint density at radius 1 is 1.38 bits per heavy atom. The summed E-state index contributed by atoms with van der Waals surface area (Å²) >= 11 is 0. The molecule has 2 N–H and O–H groups in total. The van der Waals surface area contributed by atoms with Crippen LogP contribution >= 0.6 is 0 Å². The van der Waals surface area contributed by atoms with Crippen LogP contribution in [-0.2, 0) is 0 Å². The highest BCUT2D eigenvalue weighted by molar-refractivity contribution is 4.75. The second kappa shape index (κ2) is 6.35. The normalized spacial score (nSPS) is 24.7. The van der Waals surface area contributed by atoms with E-state index in [1.54, 1.807) is 0 Å². The number of aliphatic hydroxyl groups is 1. The highest BCUT2D eigenvalue weighted by Gasteiger charge is 2.17. The minimum Gasteiger partial charge on any atom is -0.395 e. The van der Waals surface area contributed by atoms with E-state index in [0.29, 0.717) is 6.04 Å². The lowest BCUT2D eigenvalue weighted by Gasteiger charge is -2.28. The first kappa shape index (κ1) is 11.0. The molecule has 0 aliphatic carbocycles. The predicted molar refractivity (Wildman–Crippen MR) is 54.8 cm³/mol. The highest BCUT2D eigenvalue weighted by Crippen LogP contribution is 2.12. The van der Waals surface area contributed by atoms with E-state index in [4.69, 9.17) is 5.11 Å². The van der Waals surface area contributed by atoms with Crippen LogP contribution in [-0.4, -0.2) is 48.8 Å². The first-order chi connectivity index (χ1) is 6.38. The second-order valence-corrected chi connectivity index (χ2v) is 3.69. The van der Waals surface area contributed by atoms with Crippen molar-refractivity contribution in [1.82, 2.24) is 10.2 Å². The fourth-order valence-electron chi connectivity index (χ4n) is 2.09. The summed E-state index contributed by atoms with van der Waals surface area (Å²) < 4.78 is 0. The Hall–Kier alpha value is -0.120. The molecule has 1 atom stereocenters. The zero-order chi connectivity index (χ0) is 9.52. The number of aliphatic hydroxyl groups excluding tert-OH is 1. The maximum atomic E-state index is 8.91. The molecule has 1 rings (SSSR count). The minimum atomic E-state index is 0.289. The summed E-state index contributed by atoms with van der Waals surface area (Å²) in [5.74, 6) is 0. The monoisotopic (exact) mass is 186 g/mol. The van der Waals surface area contributed by atoms with Gasteiger partial charge in [0.15, 0.2) is 0 Å². The van der Waals surface area contributed by atoms with Crippen molar-refractivity contribution in [3.8, 4) is 0 Å². The van der Waals surface area contributed by atoms with Gasteiger partial charge in [0.25, 0.3) is 0 Å². The van der Waals surface area contributed by atoms with Crippen molar-refractivity contribution in [3.05, 3.63) is 0 Å². The van der Waals surface area contributed by atoms with Crippen molar-refractivity contribution in [2.75, 3.05) is 32.8 Å². The van der Waals surface area contributed by atoms with E-state index in [0.717, 1.165) is 26.2 Å². The van der Waals surface area contributed by atoms with Gasteiger partial charge in [-0.2, -0.15) is 0 Å². The number of hydrogen-bond acceptors (Lipinski definition) is 3. The molecule has 1 aliphatic rings. The molecule has 1 unspecified atom stereocenters. The van der Waals surface area contributed by atoms with Crippen LogP contribution < -0.4 is 5.32 Å². The van der Waals surface area contributed by atoms with Crippen LogP contribution in [0.25, 0.3) is 0 Å². The van der Waals surface area contributed by atoms with Gasteiger partial charge in [-0.15, -0.1) is 0 Å². The van der Waals surface area contributed by atoms with Crippen molar-refractivity contribution in [2.45, 2.75) is 32.2 Å². The SMILES string of the molecule is CCN(CCO)C1CCCNCC1. The molecule has 0 aromatic rings. The zero-order valence-corrected chi connectivity index (χ0v) is 8.63. The molecule has 3 heteroatoms. The molecular weight excluding hydrogens is 164 g/mol. The summed E-state index contributed by atoms with van der Waals surface area (Å²) in [7, 11) is 0. The molecule has 0 bridgehead atoms. The van der Waals surface area contributed by atoms with E-state index in [1.807, 2.05) is 0 Å². The standard InChI is InChI=1S/C10H22N2O/c1-2-12(8-9-13)10-4-3-6-11-7-5-10/h10-11,13H,2-9H2,1H3. The van der Waals surface area contributed by atoms with E-state index >= 15 is 0 Å². The fraction of sp³-hybridized carbons (Fsp3) is 1.00. The molecule has 3 nitrogen and oxygen atoms in total. The van der Waals surface area contributed by atoms with E-state index < -0.39 is 0 Å². The van der Waals surface area contributed by atoms with Gasteiger partial charge in [-0.1, -0.05) is 6.92 Å². The van der Waals surface area contributed by atoms with Crippen LogP contribution in [0.2, 0.25) is 0 Å². The van der Waals surface area contributed by atoms with Gasteiger partial charge in [0.05, 0.1) is 6.61 Å². The molecule has 0 spiro atoms. The molecule has 1 heterocycles. The highest BCUT2D eigenvalue weighted by atomic mass is 16.3. The maximum absolute atomic E-state index is 8.91. The average molecular weight is 186 g/mol. The summed E-state index contributed by atoms with van der Waals surface area (Å²) in [5, 5.41) is 12.3. The van der Waals surface area contributed by atoms with Crippen LogP contribution in [0.4, 0.5) is 0 Å². The molecular formula is C10H22N2O. The Kier molecular flexibility index (Phi) is 5.35. The Morgan fingerprint density at radius 3 is 2.92 bits per heavy atom. The lowest BCUT2D eigenvalue weighted by atomic mass is 10.1. The second-order valence-electron chi connectivity index (χ2n) is 3.69. The molecule has 1 aliphatic heterocycles. The van der Waals surface area contributed by atoms with E-state index in [1.165, 1.54) is 19.3 Å². The van der Waals surface area contributed by atoms with Crippen LogP contribution in [0.1, 0.15) is 26.2 Å². The van der Waals surface area contributed by atoms with Gasteiger partial charge in [-0.25, -0.2) is 0 Å². The van der Waals surface area contributed by atoms with Crippen molar-refractivity contribution in [1.29, 1.82) is 0 Å². The summed E-state index contributed by atoms with van der Waals surface area (Å²) in [6, 6.07) is 0.687. The van der Waals surface area contributed by atoms with Gasteiger partial charge in [-0.3, -0.25) is 4.90 Å². The summed E-state index contributed by atoms with van der Waals surface area (Å²) in [4.78, 5) is 2.40.